The van der Waals surface area contributed by atoms with E-state index in [9.17, 15) is 0 Å². The van der Waals surface area contributed by atoms with Crippen LogP contribution in [0.5, 0.6) is 0 Å². The number of hydrogen-bond acceptors (Lipinski definition) is 2. The Hall–Kier alpha value is -0.880. The van der Waals surface area contributed by atoms with Gasteiger partial charge in [0.15, 0.2) is 0 Å². The maximum absolute atomic E-state index is 8.21. The van der Waals surface area contributed by atoms with Gasteiger partial charge in [-0.05, 0) is 6.92 Å². The largest absolute Gasteiger partial charge is 0.389 e. The quantitative estimate of drug-likeness (QED) is 0.320. The second kappa shape index (κ2) is 3.16. The van der Waals surface area contributed by atoms with Crippen molar-refractivity contribution in [2.24, 2.45) is 5.73 Å². The molecule has 0 aromatic rings. The summed E-state index contributed by atoms with van der Waals surface area (Å²) >= 11 is 4.50. The predicted molar refractivity (Wildman–Crippen MR) is 36.2 cm³/mol. The average molecular weight is 126 g/mol. The van der Waals surface area contributed by atoms with Crippen LogP contribution in [-0.4, -0.2) is 4.99 Å². The Morgan fingerprint density at radius 2 is 2.38 bits per heavy atom. The number of nitrogens with zero attached hydrogens (tertiary/aromatic N) is 1. The van der Waals surface area contributed by atoms with Crippen molar-refractivity contribution in [1.29, 1.82) is 5.26 Å². The average Bonchev–Trinajstić information content (AvgIpc) is 1.69. The van der Waals surface area contributed by atoms with Crippen LogP contribution < -0.4 is 5.73 Å². The van der Waals surface area contributed by atoms with Gasteiger partial charge in [0.05, 0.1) is 5.57 Å². The van der Waals surface area contributed by atoms with E-state index in [1.54, 1.807) is 13.0 Å². The van der Waals surface area contributed by atoms with Gasteiger partial charge < -0.3 is 5.73 Å². The van der Waals surface area contributed by atoms with Crippen molar-refractivity contribution in [1.82, 2.24) is 0 Å². The molecule has 42 valence electrons. The maximum atomic E-state index is 8.21. The molecule has 0 bridgehead atoms. The molecule has 0 atom stereocenters. The Labute approximate surface area is 53.6 Å². The van der Waals surface area contributed by atoms with Crippen molar-refractivity contribution in [2.75, 3.05) is 0 Å². The second-order valence-electron chi connectivity index (χ2n) is 1.18. The molecule has 2 nitrogen and oxygen atoms in total. The van der Waals surface area contributed by atoms with Gasteiger partial charge in [0.25, 0.3) is 0 Å². The van der Waals surface area contributed by atoms with Gasteiger partial charge in [-0.25, -0.2) is 0 Å². The van der Waals surface area contributed by atoms with Gasteiger partial charge in [0, 0.05) is 0 Å². The van der Waals surface area contributed by atoms with Gasteiger partial charge in [-0.3, -0.25) is 0 Å². The zero-order valence-electron chi connectivity index (χ0n) is 4.51. The van der Waals surface area contributed by atoms with E-state index in [0.717, 1.165) is 0 Å². The lowest BCUT2D eigenvalue weighted by Gasteiger charge is -1.86. The van der Waals surface area contributed by atoms with Crippen LogP contribution in [0.15, 0.2) is 11.6 Å². The highest BCUT2D eigenvalue weighted by Crippen LogP contribution is 1.89. The number of thiocarbonyl (C=S) groups is 1. The molecule has 0 radical (unpaired) electrons. The van der Waals surface area contributed by atoms with E-state index < -0.39 is 0 Å². The molecular formula is C5H6N2S. The van der Waals surface area contributed by atoms with E-state index in [-0.39, 0.29) is 4.99 Å². The van der Waals surface area contributed by atoms with E-state index in [4.69, 9.17) is 11.0 Å². The van der Waals surface area contributed by atoms with Crippen molar-refractivity contribution in [3.8, 4) is 6.07 Å². The highest BCUT2D eigenvalue weighted by molar-refractivity contribution is 7.80. The minimum atomic E-state index is 0.162. The molecule has 0 aromatic heterocycles. The minimum absolute atomic E-state index is 0.162. The van der Waals surface area contributed by atoms with Crippen LogP contribution >= 0.6 is 12.2 Å². The lowest BCUT2D eigenvalue weighted by molar-refractivity contribution is 1.50. The molecule has 0 saturated heterocycles. The van der Waals surface area contributed by atoms with Gasteiger partial charge in [0.1, 0.15) is 11.1 Å². The van der Waals surface area contributed by atoms with E-state index in [1.807, 2.05) is 6.07 Å². The second-order valence-corrected chi connectivity index (χ2v) is 1.62. The molecule has 0 fully saturated rings. The maximum Gasteiger partial charge on any atom is 0.114 e. The molecule has 0 saturated carbocycles. The molecule has 0 rings (SSSR count). The first-order chi connectivity index (χ1) is 3.72. The molecule has 0 aliphatic carbocycles. The van der Waals surface area contributed by atoms with Crippen molar-refractivity contribution in [3.05, 3.63) is 11.6 Å². The summed E-state index contributed by atoms with van der Waals surface area (Å²) in [5.74, 6) is 0. The summed E-state index contributed by atoms with van der Waals surface area (Å²) in [5, 5.41) is 8.21. The fourth-order valence-corrected chi connectivity index (χ4v) is 0.425. The molecule has 0 unspecified atom stereocenters. The monoisotopic (exact) mass is 126 g/mol. The number of rotatable bonds is 1. The van der Waals surface area contributed by atoms with Crippen LogP contribution in [0.1, 0.15) is 6.92 Å². The van der Waals surface area contributed by atoms with E-state index in [1.165, 1.54) is 0 Å². The van der Waals surface area contributed by atoms with E-state index in [0.29, 0.717) is 5.57 Å². The smallest absolute Gasteiger partial charge is 0.114 e. The summed E-state index contributed by atoms with van der Waals surface area (Å²) in [6, 6.07) is 1.85. The summed E-state index contributed by atoms with van der Waals surface area (Å²) in [7, 11) is 0. The van der Waals surface area contributed by atoms with Gasteiger partial charge in [-0.2, -0.15) is 5.26 Å². The molecule has 8 heavy (non-hydrogen) atoms. The number of hydrogen-bond donors (Lipinski definition) is 1. The van der Waals surface area contributed by atoms with Gasteiger partial charge >= 0.3 is 0 Å². The number of nitrogens with two attached hydrogens (primary N) is 1. The predicted octanol–water partition coefficient (Wildman–Crippen LogP) is 0.742. The third kappa shape index (κ3) is 1.71. The van der Waals surface area contributed by atoms with Crippen molar-refractivity contribution >= 4 is 17.2 Å². The van der Waals surface area contributed by atoms with Gasteiger partial charge in [-0.15, -0.1) is 0 Å². The molecule has 0 aliphatic heterocycles. The first-order valence-corrected chi connectivity index (χ1v) is 2.49. The highest BCUT2D eigenvalue weighted by Gasteiger charge is 1.92. The molecule has 0 aliphatic rings. The minimum Gasteiger partial charge on any atom is -0.389 e. The molecule has 3 heteroatoms. The molecular weight excluding hydrogens is 120 g/mol. The third-order valence-corrected chi connectivity index (χ3v) is 0.894. The van der Waals surface area contributed by atoms with E-state index in [2.05, 4.69) is 12.2 Å². The first kappa shape index (κ1) is 7.12. The topological polar surface area (TPSA) is 49.8 Å². The zero-order chi connectivity index (χ0) is 6.57. The summed E-state index contributed by atoms with van der Waals surface area (Å²) in [6.45, 7) is 1.72. The fourth-order valence-electron chi connectivity index (χ4n) is 0.262. The summed E-state index contributed by atoms with van der Waals surface area (Å²) in [6.07, 6.45) is 1.59. The SMILES string of the molecule is C/C=C(/C#N)C(N)=S. The van der Waals surface area contributed by atoms with Crippen LogP contribution in [-0.2, 0) is 0 Å². The van der Waals surface area contributed by atoms with Crippen LogP contribution in [0.25, 0.3) is 0 Å². The normalized spacial score (nSPS) is 10.2. The molecule has 0 heterocycles. The Morgan fingerprint density at radius 1 is 1.88 bits per heavy atom. The van der Waals surface area contributed by atoms with Crippen LogP contribution in [0.4, 0.5) is 0 Å². The molecule has 0 aromatic carbocycles. The van der Waals surface area contributed by atoms with Crippen LogP contribution in [0.3, 0.4) is 0 Å². The summed E-state index contributed by atoms with van der Waals surface area (Å²) in [5.41, 5.74) is 5.47. The Bertz CT molecular complexity index is 164. The van der Waals surface area contributed by atoms with Crippen molar-refractivity contribution in [2.45, 2.75) is 6.92 Å². The first-order valence-electron chi connectivity index (χ1n) is 2.08. The van der Waals surface area contributed by atoms with E-state index >= 15 is 0 Å². The fraction of sp³-hybridized carbons (Fsp3) is 0.200. The Kier molecular flexibility index (Phi) is 2.82. The van der Waals surface area contributed by atoms with Crippen molar-refractivity contribution < 1.29 is 0 Å². The summed E-state index contributed by atoms with van der Waals surface area (Å²) < 4.78 is 0. The molecule has 2 N–H and O–H groups in total. The lowest BCUT2D eigenvalue weighted by atomic mass is 10.3. The lowest BCUT2D eigenvalue weighted by Crippen LogP contribution is -2.09. The van der Waals surface area contributed by atoms with Crippen LogP contribution in [0, 0.1) is 11.3 Å². The third-order valence-electron chi connectivity index (χ3n) is 0.675. The highest BCUT2D eigenvalue weighted by atomic mass is 32.1. The number of allylic oxidation sites excluding steroid dienone is 1. The number of nitriles is 1. The van der Waals surface area contributed by atoms with Crippen molar-refractivity contribution in [3.63, 3.8) is 0 Å². The Morgan fingerprint density at radius 3 is 2.38 bits per heavy atom. The Balaban J connectivity index is 4.20. The zero-order valence-corrected chi connectivity index (χ0v) is 5.33. The van der Waals surface area contributed by atoms with Crippen LogP contribution in [0.2, 0.25) is 0 Å². The van der Waals surface area contributed by atoms with Gasteiger partial charge in [0.2, 0.25) is 0 Å². The molecule has 0 amide bonds. The molecule has 0 spiro atoms. The standard InChI is InChI=1S/C5H6N2S/c1-2-4(3-6)5(7)8/h2H,1H3,(H2,7,8)/b4-2-. The van der Waals surface area contributed by atoms with Gasteiger partial charge in [-0.1, -0.05) is 18.3 Å². The summed E-state index contributed by atoms with van der Waals surface area (Å²) in [4.78, 5) is 0.162.